The van der Waals surface area contributed by atoms with Gasteiger partial charge in [-0.25, -0.2) is 0 Å². The Labute approximate surface area is 160 Å². The number of benzene rings is 2. The number of piperazine rings is 1. The second-order valence-corrected chi connectivity index (χ2v) is 7.37. The van der Waals surface area contributed by atoms with Crippen LogP contribution in [-0.2, 0) is 6.42 Å². The van der Waals surface area contributed by atoms with Gasteiger partial charge in [-0.2, -0.15) is 0 Å². The first-order valence-corrected chi connectivity index (χ1v) is 9.92. The summed E-state index contributed by atoms with van der Waals surface area (Å²) in [6.07, 6.45) is 3.53. The Bertz CT molecular complexity index is 927. The Morgan fingerprint density at radius 3 is 2.48 bits per heavy atom. The standard InChI is InChI=1S/C23H27N3O/c27-23-12-10-20-18-19(9-11-22(20)24-23)6-4-5-13-25-14-16-26(17-15-25)21-7-2-1-3-8-21/h1-3,7-12,18H,4-6,13-17H2,(H,24,27). The molecule has 1 aliphatic heterocycles. The Kier molecular flexibility index (Phi) is 5.54. The third kappa shape index (κ3) is 4.58. The number of rotatable bonds is 6. The van der Waals surface area contributed by atoms with Crippen LogP contribution in [0, 0.1) is 0 Å². The van der Waals surface area contributed by atoms with Gasteiger partial charge in [0.25, 0.3) is 0 Å². The lowest BCUT2D eigenvalue weighted by molar-refractivity contribution is 0.253. The average Bonchev–Trinajstić information content (AvgIpc) is 2.72. The fourth-order valence-corrected chi connectivity index (χ4v) is 3.89. The maximum atomic E-state index is 11.4. The molecule has 0 spiro atoms. The van der Waals surface area contributed by atoms with Crippen molar-refractivity contribution >= 4 is 16.6 Å². The fraction of sp³-hybridized carbons (Fsp3) is 0.348. The predicted molar refractivity (Wildman–Crippen MR) is 113 cm³/mol. The quantitative estimate of drug-likeness (QED) is 0.681. The summed E-state index contributed by atoms with van der Waals surface area (Å²) in [6.45, 7) is 5.72. The van der Waals surface area contributed by atoms with Gasteiger partial charge in [0.1, 0.15) is 0 Å². The van der Waals surface area contributed by atoms with Crippen molar-refractivity contribution in [2.75, 3.05) is 37.6 Å². The van der Waals surface area contributed by atoms with Crippen LogP contribution in [0.3, 0.4) is 0 Å². The van der Waals surface area contributed by atoms with Crippen LogP contribution in [0.15, 0.2) is 65.5 Å². The first-order chi connectivity index (χ1) is 13.3. The summed E-state index contributed by atoms with van der Waals surface area (Å²) in [7, 11) is 0. The number of aromatic amines is 1. The van der Waals surface area contributed by atoms with E-state index < -0.39 is 0 Å². The van der Waals surface area contributed by atoms with Crippen molar-refractivity contribution in [3.63, 3.8) is 0 Å². The zero-order valence-electron chi connectivity index (χ0n) is 15.7. The topological polar surface area (TPSA) is 39.3 Å². The lowest BCUT2D eigenvalue weighted by atomic mass is 10.1. The monoisotopic (exact) mass is 361 g/mol. The van der Waals surface area contributed by atoms with Gasteiger partial charge in [-0.05, 0) is 67.1 Å². The van der Waals surface area contributed by atoms with Gasteiger partial charge in [-0.15, -0.1) is 0 Å². The van der Waals surface area contributed by atoms with Crippen LogP contribution in [0.5, 0.6) is 0 Å². The number of para-hydroxylation sites is 1. The lowest BCUT2D eigenvalue weighted by Crippen LogP contribution is -2.46. The van der Waals surface area contributed by atoms with Crippen LogP contribution in [0.2, 0.25) is 0 Å². The molecule has 0 saturated carbocycles. The van der Waals surface area contributed by atoms with Crippen LogP contribution < -0.4 is 10.5 Å². The molecule has 1 saturated heterocycles. The highest BCUT2D eigenvalue weighted by atomic mass is 16.1. The third-order valence-corrected chi connectivity index (χ3v) is 5.47. The van der Waals surface area contributed by atoms with Gasteiger partial charge in [-0.3, -0.25) is 9.69 Å². The highest BCUT2D eigenvalue weighted by Gasteiger charge is 2.16. The number of hydrogen-bond donors (Lipinski definition) is 1. The van der Waals surface area contributed by atoms with Crippen molar-refractivity contribution in [1.82, 2.24) is 9.88 Å². The van der Waals surface area contributed by atoms with E-state index in [-0.39, 0.29) is 5.56 Å². The number of pyridine rings is 1. The van der Waals surface area contributed by atoms with Gasteiger partial charge in [0, 0.05) is 43.4 Å². The van der Waals surface area contributed by atoms with E-state index in [1.807, 2.05) is 12.1 Å². The number of aryl methyl sites for hydroxylation is 1. The summed E-state index contributed by atoms with van der Waals surface area (Å²) in [6, 6.07) is 20.6. The molecular formula is C23H27N3O. The molecule has 0 atom stereocenters. The number of unbranched alkanes of at least 4 members (excludes halogenated alkanes) is 1. The van der Waals surface area contributed by atoms with E-state index in [0.29, 0.717) is 0 Å². The molecule has 1 fully saturated rings. The molecule has 1 aliphatic rings. The summed E-state index contributed by atoms with van der Waals surface area (Å²) in [4.78, 5) is 19.3. The molecule has 4 nitrogen and oxygen atoms in total. The zero-order chi connectivity index (χ0) is 18.5. The van der Waals surface area contributed by atoms with E-state index in [1.54, 1.807) is 6.07 Å². The van der Waals surface area contributed by atoms with Crippen LogP contribution in [0.4, 0.5) is 5.69 Å². The molecule has 0 unspecified atom stereocenters. The zero-order valence-corrected chi connectivity index (χ0v) is 15.7. The van der Waals surface area contributed by atoms with Crippen molar-refractivity contribution in [1.29, 1.82) is 0 Å². The normalized spacial score (nSPS) is 15.3. The Morgan fingerprint density at radius 1 is 0.852 bits per heavy atom. The van der Waals surface area contributed by atoms with Crippen molar-refractivity contribution in [3.05, 3.63) is 76.6 Å². The molecule has 0 bridgehead atoms. The summed E-state index contributed by atoms with van der Waals surface area (Å²) < 4.78 is 0. The number of nitrogens with one attached hydrogen (secondary N) is 1. The van der Waals surface area contributed by atoms with E-state index >= 15 is 0 Å². The van der Waals surface area contributed by atoms with Gasteiger partial charge in [-0.1, -0.05) is 24.3 Å². The molecule has 4 rings (SSSR count). The first-order valence-electron chi connectivity index (χ1n) is 9.92. The highest BCUT2D eigenvalue weighted by molar-refractivity contribution is 5.78. The molecule has 140 valence electrons. The molecule has 1 aromatic heterocycles. The van der Waals surface area contributed by atoms with E-state index in [9.17, 15) is 4.79 Å². The molecular weight excluding hydrogens is 334 g/mol. The van der Waals surface area contributed by atoms with Crippen molar-refractivity contribution in [2.24, 2.45) is 0 Å². The lowest BCUT2D eigenvalue weighted by Gasteiger charge is -2.36. The van der Waals surface area contributed by atoms with Crippen molar-refractivity contribution in [3.8, 4) is 0 Å². The first kappa shape index (κ1) is 17.8. The van der Waals surface area contributed by atoms with Crippen LogP contribution in [0.1, 0.15) is 18.4 Å². The van der Waals surface area contributed by atoms with E-state index in [2.05, 4.69) is 57.2 Å². The molecule has 4 heteroatoms. The predicted octanol–water partition coefficient (Wildman–Crippen LogP) is 3.67. The fourth-order valence-electron chi connectivity index (χ4n) is 3.89. The molecule has 0 radical (unpaired) electrons. The SMILES string of the molecule is O=c1ccc2cc(CCCCN3CCN(c4ccccc4)CC3)ccc2[nH]1. The largest absolute Gasteiger partial charge is 0.369 e. The van der Waals surface area contributed by atoms with E-state index in [1.165, 1.54) is 30.6 Å². The van der Waals surface area contributed by atoms with Gasteiger partial charge >= 0.3 is 0 Å². The number of nitrogens with zero attached hydrogens (tertiary/aromatic N) is 2. The van der Waals surface area contributed by atoms with Gasteiger partial charge in [0.15, 0.2) is 0 Å². The van der Waals surface area contributed by atoms with Crippen LogP contribution >= 0.6 is 0 Å². The van der Waals surface area contributed by atoms with Crippen LogP contribution in [0.25, 0.3) is 10.9 Å². The third-order valence-electron chi connectivity index (χ3n) is 5.47. The summed E-state index contributed by atoms with van der Waals surface area (Å²) in [5.41, 5.74) is 3.57. The molecule has 3 aromatic rings. The number of fused-ring (bicyclic) bond motifs is 1. The van der Waals surface area contributed by atoms with Crippen LogP contribution in [-0.4, -0.2) is 42.6 Å². The molecule has 2 heterocycles. The molecule has 0 amide bonds. The number of anilines is 1. The summed E-state index contributed by atoms with van der Waals surface area (Å²) >= 11 is 0. The molecule has 0 aliphatic carbocycles. The highest BCUT2D eigenvalue weighted by Crippen LogP contribution is 2.17. The molecule has 27 heavy (non-hydrogen) atoms. The second-order valence-electron chi connectivity index (χ2n) is 7.37. The Morgan fingerprint density at radius 2 is 1.67 bits per heavy atom. The van der Waals surface area contributed by atoms with Gasteiger partial charge in [0.05, 0.1) is 0 Å². The number of aromatic nitrogens is 1. The Hall–Kier alpha value is -2.59. The number of H-pyrrole nitrogens is 1. The van der Waals surface area contributed by atoms with Crippen molar-refractivity contribution in [2.45, 2.75) is 19.3 Å². The van der Waals surface area contributed by atoms with Crippen molar-refractivity contribution < 1.29 is 0 Å². The summed E-state index contributed by atoms with van der Waals surface area (Å²) in [5, 5.41) is 1.11. The van der Waals surface area contributed by atoms with Gasteiger partial charge < -0.3 is 9.88 Å². The smallest absolute Gasteiger partial charge is 0.248 e. The summed E-state index contributed by atoms with van der Waals surface area (Å²) in [5.74, 6) is 0. The Balaban J connectivity index is 1.21. The average molecular weight is 361 g/mol. The minimum Gasteiger partial charge on any atom is -0.369 e. The minimum atomic E-state index is -0.0392. The van der Waals surface area contributed by atoms with Gasteiger partial charge in [0.2, 0.25) is 5.56 Å². The number of hydrogen-bond acceptors (Lipinski definition) is 3. The van der Waals surface area contributed by atoms with E-state index in [0.717, 1.165) is 43.5 Å². The second kappa shape index (κ2) is 8.40. The molecule has 2 aromatic carbocycles. The minimum absolute atomic E-state index is 0.0392. The maximum absolute atomic E-state index is 11.4. The maximum Gasteiger partial charge on any atom is 0.248 e. The molecule has 1 N–H and O–H groups in total. The van der Waals surface area contributed by atoms with E-state index in [4.69, 9.17) is 0 Å².